The number of hydrogen-bond donors (Lipinski definition) is 1. The van der Waals surface area contributed by atoms with Crippen LogP contribution in [0.5, 0.6) is 11.5 Å². The van der Waals surface area contributed by atoms with E-state index in [1.165, 1.54) is 0 Å². The van der Waals surface area contributed by atoms with Gasteiger partial charge >= 0.3 is 0 Å². The first kappa shape index (κ1) is 18.4. The molecule has 0 bridgehead atoms. The van der Waals surface area contributed by atoms with Crippen molar-refractivity contribution in [2.24, 2.45) is 5.92 Å². The molecule has 23 heavy (non-hydrogen) atoms. The lowest BCUT2D eigenvalue weighted by Crippen LogP contribution is -2.41. The Morgan fingerprint density at radius 1 is 1.39 bits per heavy atom. The molecule has 0 amide bonds. The average molecular weight is 342 g/mol. The van der Waals surface area contributed by atoms with E-state index in [-0.39, 0.29) is 18.1 Å². The second-order valence-electron chi connectivity index (χ2n) is 6.59. The van der Waals surface area contributed by atoms with Crippen molar-refractivity contribution in [1.29, 1.82) is 0 Å². The molecule has 0 radical (unpaired) electrons. The van der Waals surface area contributed by atoms with E-state index in [2.05, 4.69) is 11.9 Å². The Kier molecular flexibility index (Phi) is 6.57. The molecule has 0 aliphatic carbocycles. The topological polar surface area (TPSA) is 41.9 Å². The van der Waals surface area contributed by atoms with Crippen molar-refractivity contribution in [2.75, 3.05) is 26.7 Å². The zero-order valence-corrected chi connectivity index (χ0v) is 15.3. The molecule has 2 atom stereocenters. The van der Waals surface area contributed by atoms with Gasteiger partial charge in [0.25, 0.3) is 0 Å². The molecule has 130 valence electrons. The van der Waals surface area contributed by atoms with Crippen LogP contribution in [0, 0.1) is 5.92 Å². The molecule has 1 N–H and O–H groups in total. The van der Waals surface area contributed by atoms with E-state index in [9.17, 15) is 5.11 Å². The van der Waals surface area contributed by atoms with E-state index in [0.29, 0.717) is 23.1 Å². The summed E-state index contributed by atoms with van der Waals surface area (Å²) < 4.78 is 11.5. The minimum Gasteiger partial charge on any atom is -0.490 e. The van der Waals surface area contributed by atoms with Crippen molar-refractivity contribution in [2.45, 2.75) is 45.8 Å². The fourth-order valence-corrected chi connectivity index (χ4v) is 3.34. The Bertz CT molecular complexity index is 521. The summed E-state index contributed by atoms with van der Waals surface area (Å²) in [6.07, 6.45) is 1.38. The van der Waals surface area contributed by atoms with Gasteiger partial charge in [0.1, 0.15) is 0 Å². The third-order valence-corrected chi connectivity index (χ3v) is 4.40. The van der Waals surface area contributed by atoms with E-state index in [0.717, 1.165) is 31.5 Å². The van der Waals surface area contributed by atoms with Gasteiger partial charge in [-0.2, -0.15) is 0 Å². The maximum Gasteiger partial charge on any atom is 0.180 e. The number of piperidine rings is 1. The van der Waals surface area contributed by atoms with Crippen molar-refractivity contribution in [3.8, 4) is 11.5 Å². The fraction of sp³-hybridized carbons (Fsp3) is 0.667. The van der Waals surface area contributed by atoms with Gasteiger partial charge in [0.05, 0.1) is 23.8 Å². The Balaban J connectivity index is 2.22. The molecule has 5 heteroatoms. The highest BCUT2D eigenvalue weighted by molar-refractivity contribution is 6.32. The number of aliphatic hydroxyl groups excluding tert-OH is 1. The molecule has 0 aromatic heterocycles. The number of likely N-dealkylation sites (tertiary alicyclic amines) is 1. The summed E-state index contributed by atoms with van der Waals surface area (Å²) >= 11 is 6.42. The molecule has 1 heterocycles. The van der Waals surface area contributed by atoms with Gasteiger partial charge in [-0.05, 0) is 58.4 Å². The monoisotopic (exact) mass is 341 g/mol. The van der Waals surface area contributed by atoms with Gasteiger partial charge in [0, 0.05) is 19.0 Å². The minimum absolute atomic E-state index is 0.0337. The summed E-state index contributed by atoms with van der Waals surface area (Å²) in [6, 6.07) is 3.93. The lowest BCUT2D eigenvalue weighted by Gasteiger charge is -2.34. The first-order valence-electron chi connectivity index (χ1n) is 8.39. The Morgan fingerprint density at radius 3 is 2.78 bits per heavy atom. The van der Waals surface area contributed by atoms with Gasteiger partial charge in [-0.1, -0.05) is 11.6 Å². The van der Waals surface area contributed by atoms with E-state index >= 15 is 0 Å². The number of aliphatic hydroxyl groups is 1. The van der Waals surface area contributed by atoms with Crippen LogP contribution in [0.3, 0.4) is 0 Å². The lowest BCUT2D eigenvalue weighted by atomic mass is 9.89. The van der Waals surface area contributed by atoms with Crippen LogP contribution in [-0.2, 0) is 6.42 Å². The molecule has 0 spiro atoms. The van der Waals surface area contributed by atoms with E-state index in [4.69, 9.17) is 21.1 Å². The molecule has 1 aliphatic rings. The summed E-state index contributed by atoms with van der Waals surface area (Å²) in [5, 5.41) is 10.8. The third-order valence-electron chi connectivity index (χ3n) is 4.12. The normalized spacial score (nSPS) is 22.4. The van der Waals surface area contributed by atoms with Crippen molar-refractivity contribution in [1.82, 2.24) is 4.90 Å². The van der Waals surface area contributed by atoms with Crippen molar-refractivity contribution < 1.29 is 14.6 Å². The van der Waals surface area contributed by atoms with Crippen LogP contribution in [0.15, 0.2) is 12.1 Å². The smallest absolute Gasteiger partial charge is 0.180 e. The summed E-state index contributed by atoms with van der Waals surface area (Å²) in [5.74, 6) is 1.51. The minimum atomic E-state index is -0.257. The van der Waals surface area contributed by atoms with Gasteiger partial charge in [-0.3, -0.25) is 0 Å². The number of benzene rings is 1. The van der Waals surface area contributed by atoms with E-state index in [1.807, 2.05) is 32.9 Å². The Hall–Kier alpha value is -0.970. The molecule has 4 nitrogen and oxygen atoms in total. The van der Waals surface area contributed by atoms with Gasteiger partial charge in [-0.25, -0.2) is 0 Å². The lowest BCUT2D eigenvalue weighted by molar-refractivity contribution is 0.0366. The van der Waals surface area contributed by atoms with Crippen molar-refractivity contribution in [3.63, 3.8) is 0 Å². The molecule has 1 aliphatic heterocycles. The predicted octanol–water partition coefficient (Wildman–Crippen LogP) is 3.38. The largest absolute Gasteiger partial charge is 0.490 e. The molecule has 2 unspecified atom stereocenters. The number of rotatable bonds is 6. The molecule has 1 fully saturated rings. The average Bonchev–Trinajstić information content (AvgIpc) is 2.46. The molecular formula is C18H28ClNO3. The van der Waals surface area contributed by atoms with Crippen LogP contribution in [0.25, 0.3) is 0 Å². The second kappa shape index (κ2) is 8.22. The summed E-state index contributed by atoms with van der Waals surface area (Å²) in [5.41, 5.74) is 1.08. The van der Waals surface area contributed by atoms with E-state index in [1.54, 1.807) is 0 Å². The number of ether oxygens (including phenoxy) is 2. The Morgan fingerprint density at radius 2 is 2.13 bits per heavy atom. The predicted molar refractivity (Wildman–Crippen MR) is 93.7 cm³/mol. The van der Waals surface area contributed by atoms with Crippen LogP contribution in [-0.4, -0.2) is 49.0 Å². The SMILES string of the molecule is CCOc1cc(CC2CN(C)CCC2O)cc(Cl)c1OC(C)C. The molecule has 1 aromatic carbocycles. The maximum atomic E-state index is 10.2. The van der Waals surface area contributed by atoms with Crippen LogP contribution in [0.4, 0.5) is 0 Å². The summed E-state index contributed by atoms with van der Waals surface area (Å²) in [4.78, 5) is 2.26. The molecule has 0 saturated carbocycles. The van der Waals surface area contributed by atoms with E-state index < -0.39 is 0 Å². The molecule has 2 rings (SSSR count). The quantitative estimate of drug-likeness (QED) is 0.861. The second-order valence-corrected chi connectivity index (χ2v) is 6.99. The fourth-order valence-electron chi connectivity index (χ4n) is 3.06. The van der Waals surface area contributed by atoms with Crippen LogP contribution < -0.4 is 9.47 Å². The zero-order chi connectivity index (χ0) is 17.0. The molecular weight excluding hydrogens is 314 g/mol. The van der Waals surface area contributed by atoms with Crippen LogP contribution in [0.1, 0.15) is 32.8 Å². The number of nitrogens with zero attached hydrogens (tertiary/aromatic N) is 1. The first-order chi connectivity index (χ1) is 10.9. The van der Waals surface area contributed by atoms with Gasteiger partial charge in [0.15, 0.2) is 11.5 Å². The standard InChI is InChI=1S/C18H28ClNO3/c1-5-22-17-10-13(9-15(19)18(17)23-12(2)3)8-14-11-20(4)7-6-16(14)21/h9-10,12,14,16,21H,5-8,11H2,1-4H3. The maximum absolute atomic E-state index is 10.2. The number of halogens is 1. The number of hydrogen-bond acceptors (Lipinski definition) is 4. The zero-order valence-electron chi connectivity index (χ0n) is 14.5. The van der Waals surface area contributed by atoms with Gasteiger partial charge in [-0.15, -0.1) is 0 Å². The van der Waals surface area contributed by atoms with Crippen LogP contribution >= 0.6 is 11.6 Å². The third kappa shape index (κ3) is 5.00. The van der Waals surface area contributed by atoms with Gasteiger partial charge in [0.2, 0.25) is 0 Å². The highest BCUT2D eigenvalue weighted by Gasteiger charge is 2.26. The Labute approximate surface area is 144 Å². The first-order valence-corrected chi connectivity index (χ1v) is 8.77. The highest BCUT2D eigenvalue weighted by Crippen LogP contribution is 2.38. The van der Waals surface area contributed by atoms with Crippen molar-refractivity contribution >= 4 is 11.6 Å². The van der Waals surface area contributed by atoms with Gasteiger partial charge < -0.3 is 19.5 Å². The van der Waals surface area contributed by atoms with Crippen LogP contribution in [0.2, 0.25) is 5.02 Å². The molecule has 1 saturated heterocycles. The summed E-state index contributed by atoms with van der Waals surface area (Å²) in [6.45, 7) is 8.28. The van der Waals surface area contributed by atoms with Crippen molar-refractivity contribution in [3.05, 3.63) is 22.7 Å². The highest BCUT2D eigenvalue weighted by atomic mass is 35.5. The summed E-state index contributed by atoms with van der Waals surface area (Å²) in [7, 11) is 2.09. The molecule has 1 aromatic rings.